The molecule has 0 radical (unpaired) electrons. The van der Waals surface area contributed by atoms with E-state index >= 15 is 0 Å². The number of nitrogens with one attached hydrogen (secondary N) is 1. The first kappa shape index (κ1) is 8.21. The van der Waals surface area contributed by atoms with E-state index in [1.54, 1.807) is 19.3 Å². The summed E-state index contributed by atoms with van der Waals surface area (Å²) in [5, 5.41) is 2.76. The van der Waals surface area contributed by atoms with Crippen LogP contribution in [0.15, 0.2) is 12.3 Å². The third-order valence-electron chi connectivity index (χ3n) is 0.932. The Morgan fingerprint density at radius 3 is 2.78 bits per heavy atom. The van der Waals surface area contributed by atoms with Crippen molar-refractivity contribution in [3.05, 3.63) is 12.3 Å². The summed E-state index contributed by atoms with van der Waals surface area (Å²) in [6, 6.07) is 0. The molecule has 0 bridgehead atoms. The van der Waals surface area contributed by atoms with E-state index < -0.39 is 0 Å². The van der Waals surface area contributed by atoms with Gasteiger partial charge in [-0.25, -0.2) is 0 Å². The van der Waals surface area contributed by atoms with E-state index in [0.29, 0.717) is 6.42 Å². The second-order valence-electron chi connectivity index (χ2n) is 1.84. The number of carbonyl (C=O) groups is 1. The molecule has 0 aromatic heterocycles. The van der Waals surface area contributed by atoms with Crippen molar-refractivity contribution < 1.29 is 4.79 Å². The molecule has 0 atom stereocenters. The number of ketones is 1. The van der Waals surface area contributed by atoms with Crippen LogP contribution in [-0.2, 0) is 4.79 Å². The lowest BCUT2D eigenvalue weighted by molar-refractivity contribution is -0.114. The molecule has 0 amide bonds. The first-order valence-corrected chi connectivity index (χ1v) is 3.18. The zero-order chi connectivity index (χ0) is 7.11. The van der Waals surface area contributed by atoms with E-state index in [1.807, 2.05) is 6.92 Å². The van der Waals surface area contributed by atoms with Gasteiger partial charge in [0.15, 0.2) is 5.78 Å². The van der Waals surface area contributed by atoms with Crippen molar-refractivity contribution in [1.82, 2.24) is 5.32 Å². The molecule has 0 spiro atoms. The summed E-state index contributed by atoms with van der Waals surface area (Å²) in [7, 11) is 1.77. The Bertz CT molecular complexity index is 107. The topological polar surface area (TPSA) is 29.1 Å². The lowest BCUT2D eigenvalue weighted by atomic mass is 10.2. The second-order valence-corrected chi connectivity index (χ2v) is 1.84. The maximum Gasteiger partial charge on any atom is 0.157 e. The molecule has 2 nitrogen and oxygen atoms in total. The molecule has 0 aromatic carbocycles. The molecule has 2 heteroatoms. The first-order valence-electron chi connectivity index (χ1n) is 3.18. The SMILES string of the molecule is CCCC(=O)/C=C/NC. The molecular weight excluding hydrogens is 114 g/mol. The van der Waals surface area contributed by atoms with Gasteiger partial charge >= 0.3 is 0 Å². The minimum Gasteiger partial charge on any atom is -0.394 e. The Balaban J connectivity index is 3.37. The van der Waals surface area contributed by atoms with Crippen molar-refractivity contribution >= 4 is 5.78 Å². The Morgan fingerprint density at radius 1 is 1.67 bits per heavy atom. The molecule has 0 heterocycles. The predicted octanol–water partition coefficient (Wildman–Crippen LogP) is 1.09. The van der Waals surface area contributed by atoms with Crippen molar-refractivity contribution in [2.75, 3.05) is 7.05 Å². The normalized spacial score (nSPS) is 10.0. The Labute approximate surface area is 56.0 Å². The molecule has 1 N–H and O–H groups in total. The maximum atomic E-state index is 10.7. The van der Waals surface area contributed by atoms with Gasteiger partial charge in [0.1, 0.15) is 0 Å². The van der Waals surface area contributed by atoms with Gasteiger partial charge in [0, 0.05) is 13.5 Å². The van der Waals surface area contributed by atoms with Gasteiger partial charge in [0.05, 0.1) is 0 Å². The van der Waals surface area contributed by atoms with Gasteiger partial charge in [-0.2, -0.15) is 0 Å². The van der Waals surface area contributed by atoms with Crippen molar-refractivity contribution in [1.29, 1.82) is 0 Å². The van der Waals surface area contributed by atoms with Crippen LogP contribution in [0.4, 0.5) is 0 Å². The highest BCUT2D eigenvalue weighted by Crippen LogP contribution is 1.88. The average molecular weight is 127 g/mol. The highest BCUT2D eigenvalue weighted by atomic mass is 16.1. The van der Waals surface area contributed by atoms with Crippen molar-refractivity contribution in [3.8, 4) is 0 Å². The summed E-state index contributed by atoms with van der Waals surface area (Å²) in [5.74, 6) is 0.187. The average Bonchev–Trinajstić information content (AvgIpc) is 1.85. The van der Waals surface area contributed by atoms with E-state index in [0.717, 1.165) is 6.42 Å². The van der Waals surface area contributed by atoms with E-state index in [1.165, 1.54) is 0 Å². The number of carbonyl (C=O) groups excluding carboxylic acids is 1. The third-order valence-corrected chi connectivity index (χ3v) is 0.932. The largest absolute Gasteiger partial charge is 0.394 e. The molecular formula is C7H13NO. The lowest BCUT2D eigenvalue weighted by Crippen LogP contribution is -1.96. The van der Waals surface area contributed by atoms with Crippen LogP contribution in [0, 0.1) is 0 Å². The lowest BCUT2D eigenvalue weighted by Gasteiger charge is -1.87. The minimum absolute atomic E-state index is 0.187. The molecule has 0 saturated heterocycles. The van der Waals surface area contributed by atoms with Crippen LogP contribution in [0.1, 0.15) is 19.8 Å². The summed E-state index contributed by atoms with van der Waals surface area (Å²) in [5.41, 5.74) is 0. The second kappa shape index (κ2) is 5.35. The van der Waals surface area contributed by atoms with Gasteiger partial charge in [-0.3, -0.25) is 4.79 Å². The monoisotopic (exact) mass is 127 g/mol. The summed E-state index contributed by atoms with van der Waals surface area (Å²) in [6.45, 7) is 1.99. The number of allylic oxidation sites excluding steroid dienone is 1. The van der Waals surface area contributed by atoms with Gasteiger partial charge < -0.3 is 5.32 Å². The van der Waals surface area contributed by atoms with E-state index in [-0.39, 0.29) is 5.78 Å². The molecule has 0 aliphatic heterocycles. The van der Waals surface area contributed by atoms with Gasteiger partial charge in [0.25, 0.3) is 0 Å². The van der Waals surface area contributed by atoms with E-state index in [2.05, 4.69) is 5.32 Å². The Hall–Kier alpha value is -0.790. The summed E-state index contributed by atoms with van der Waals surface area (Å²) >= 11 is 0. The minimum atomic E-state index is 0.187. The maximum absolute atomic E-state index is 10.7. The Kier molecular flexibility index (Phi) is 4.88. The van der Waals surface area contributed by atoms with Crippen LogP contribution < -0.4 is 5.32 Å². The highest BCUT2D eigenvalue weighted by Gasteiger charge is 1.89. The standard InChI is InChI=1S/C7H13NO/c1-3-4-7(9)5-6-8-2/h5-6,8H,3-4H2,1-2H3/b6-5+. The molecule has 9 heavy (non-hydrogen) atoms. The zero-order valence-electron chi connectivity index (χ0n) is 5.98. The van der Waals surface area contributed by atoms with Crippen LogP contribution in [-0.4, -0.2) is 12.8 Å². The molecule has 0 unspecified atom stereocenters. The quantitative estimate of drug-likeness (QED) is 0.573. The molecule has 0 saturated carbocycles. The fraction of sp³-hybridized carbons (Fsp3) is 0.571. The van der Waals surface area contributed by atoms with Crippen LogP contribution in [0.3, 0.4) is 0 Å². The van der Waals surface area contributed by atoms with E-state index in [4.69, 9.17) is 0 Å². The Morgan fingerprint density at radius 2 is 2.33 bits per heavy atom. The fourth-order valence-electron chi connectivity index (χ4n) is 0.506. The van der Waals surface area contributed by atoms with Crippen LogP contribution in [0.2, 0.25) is 0 Å². The van der Waals surface area contributed by atoms with Gasteiger partial charge in [0.2, 0.25) is 0 Å². The molecule has 0 aromatic rings. The number of hydrogen-bond acceptors (Lipinski definition) is 2. The van der Waals surface area contributed by atoms with Crippen molar-refractivity contribution in [2.45, 2.75) is 19.8 Å². The summed E-state index contributed by atoms with van der Waals surface area (Å²) < 4.78 is 0. The van der Waals surface area contributed by atoms with E-state index in [9.17, 15) is 4.79 Å². The van der Waals surface area contributed by atoms with Crippen LogP contribution >= 0.6 is 0 Å². The van der Waals surface area contributed by atoms with Gasteiger partial charge in [-0.05, 0) is 18.7 Å². The summed E-state index contributed by atoms with van der Waals surface area (Å²) in [4.78, 5) is 10.7. The first-order chi connectivity index (χ1) is 4.31. The molecule has 0 rings (SSSR count). The summed E-state index contributed by atoms with van der Waals surface area (Å²) in [6.07, 6.45) is 4.78. The molecule has 0 fully saturated rings. The molecule has 52 valence electrons. The predicted molar refractivity (Wildman–Crippen MR) is 38.1 cm³/mol. The van der Waals surface area contributed by atoms with Gasteiger partial charge in [-0.15, -0.1) is 0 Å². The molecule has 0 aliphatic rings. The van der Waals surface area contributed by atoms with Crippen molar-refractivity contribution in [3.63, 3.8) is 0 Å². The third kappa shape index (κ3) is 5.07. The number of rotatable bonds is 4. The molecule has 0 aliphatic carbocycles. The smallest absolute Gasteiger partial charge is 0.157 e. The number of hydrogen-bond donors (Lipinski definition) is 1. The highest BCUT2D eigenvalue weighted by molar-refractivity contribution is 5.89. The van der Waals surface area contributed by atoms with Gasteiger partial charge in [-0.1, -0.05) is 6.92 Å². The van der Waals surface area contributed by atoms with Crippen molar-refractivity contribution in [2.24, 2.45) is 0 Å². The zero-order valence-corrected chi connectivity index (χ0v) is 5.98. The van der Waals surface area contributed by atoms with Crippen LogP contribution in [0.25, 0.3) is 0 Å². The fourth-order valence-corrected chi connectivity index (χ4v) is 0.506. The van der Waals surface area contributed by atoms with Crippen LogP contribution in [0.5, 0.6) is 0 Å².